The van der Waals surface area contributed by atoms with Crippen molar-refractivity contribution in [3.05, 3.63) is 70.0 Å². The number of amides is 1. The zero-order chi connectivity index (χ0) is 20.9. The van der Waals surface area contributed by atoms with E-state index in [-0.39, 0.29) is 5.91 Å². The van der Waals surface area contributed by atoms with Crippen LogP contribution in [0.5, 0.6) is 0 Å². The van der Waals surface area contributed by atoms with Gasteiger partial charge >= 0.3 is 0 Å². The van der Waals surface area contributed by atoms with Gasteiger partial charge in [0.15, 0.2) is 5.82 Å². The van der Waals surface area contributed by atoms with Gasteiger partial charge < -0.3 is 9.42 Å². The number of nitrogens with zero attached hydrogens (tertiary/aromatic N) is 4. The number of piperazine rings is 1. The fourth-order valence-electron chi connectivity index (χ4n) is 3.50. The van der Waals surface area contributed by atoms with Gasteiger partial charge in [-0.3, -0.25) is 9.69 Å². The summed E-state index contributed by atoms with van der Waals surface area (Å²) >= 11 is 12.2. The van der Waals surface area contributed by atoms with Crippen LogP contribution in [-0.4, -0.2) is 52.0 Å². The molecule has 0 N–H and O–H groups in total. The first-order chi connectivity index (χ1) is 14.6. The molecule has 1 aliphatic heterocycles. The van der Waals surface area contributed by atoms with E-state index >= 15 is 0 Å². The van der Waals surface area contributed by atoms with Crippen molar-refractivity contribution in [2.45, 2.75) is 19.4 Å². The molecular weight excluding hydrogens is 423 g/mol. The summed E-state index contributed by atoms with van der Waals surface area (Å²) in [4.78, 5) is 21.1. The maximum atomic E-state index is 12.5. The second-order valence-corrected chi connectivity index (χ2v) is 8.13. The lowest BCUT2D eigenvalue weighted by Gasteiger charge is -2.34. The minimum Gasteiger partial charge on any atom is -0.340 e. The number of halogens is 2. The van der Waals surface area contributed by atoms with Gasteiger partial charge in [0.1, 0.15) is 0 Å². The first-order valence-corrected chi connectivity index (χ1v) is 10.7. The first kappa shape index (κ1) is 20.8. The van der Waals surface area contributed by atoms with Gasteiger partial charge in [-0.15, -0.1) is 0 Å². The van der Waals surface area contributed by atoms with E-state index in [2.05, 4.69) is 27.2 Å². The van der Waals surface area contributed by atoms with Crippen molar-refractivity contribution in [3.63, 3.8) is 0 Å². The number of benzene rings is 2. The molecule has 30 heavy (non-hydrogen) atoms. The van der Waals surface area contributed by atoms with Gasteiger partial charge in [-0.1, -0.05) is 58.7 Å². The molecule has 1 aliphatic rings. The van der Waals surface area contributed by atoms with Gasteiger partial charge in [-0.05, 0) is 30.2 Å². The van der Waals surface area contributed by atoms with Crippen molar-refractivity contribution in [1.82, 2.24) is 19.9 Å². The van der Waals surface area contributed by atoms with Gasteiger partial charge in [0.25, 0.3) is 5.89 Å². The number of hydrogen-bond donors (Lipinski definition) is 0. The number of carbonyl (C=O) groups excluding carboxylic acids is 1. The second kappa shape index (κ2) is 9.60. The number of aromatic nitrogens is 2. The molecule has 0 radical (unpaired) electrons. The molecule has 0 aliphatic carbocycles. The average molecular weight is 445 g/mol. The normalized spacial score (nSPS) is 14.8. The Kier molecular flexibility index (Phi) is 6.67. The molecule has 6 nitrogen and oxygen atoms in total. The summed E-state index contributed by atoms with van der Waals surface area (Å²) in [6.07, 6.45) is 1.32. The molecule has 1 amide bonds. The number of hydrogen-bond acceptors (Lipinski definition) is 5. The molecule has 0 unspecified atom stereocenters. The highest BCUT2D eigenvalue weighted by molar-refractivity contribution is 6.36. The van der Waals surface area contributed by atoms with Crippen molar-refractivity contribution in [3.8, 4) is 11.5 Å². The van der Waals surface area contributed by atoms with Crippen LogP contribution < -0.4 is 0 Å². The van der Waals surface area contributed by atoms with E-state index in [1.165, 1.54) is 5.56 Å². The Morgan fingerprint density at radius 3 is 2.53 bits per heavy atom. The molecule has 1 saturated heterocycles. The number of carbonyl (C=O) groups is 1. The Morgan fingerprint density at radius 1 is 1.03 bits per heavy atom. The van der Waals surface area contributed by atoms with Crippen LogP contribution in [0.15, 0.2) is 53.1 Å². The molecule has 2 heterocycles. The molecule has 0 atom stereocenters. The Morgan fingerprint density at radius 2 is 1.80 bits per heavy atom. The van der Waals surface area contributed by atoms with Gasteiger partial charge in [-0.2, -0.15) is 4.98 Å². The third kappa shape index (κ3) is 5.19. The first-order valence-electron chi connectivity index (χ1n) is 9.90. The summed E-state index contributed by atoms with van der Waals surface area (Å²) in [6, 6.07) is 15.3. The molecule has 0 spiro atoms. The zero-order valence-corrected chi connectivity index (χ0v) is 17.9. The lowest BCUT2D eigenvalue weighted by atomic mass is 10.1. The fourth-order valence-corrected chi connectivity index (χ4v) is 3.99. The van der Waals surface area contributed by atoms with E-state index in [4.69, 9.17) is 27.7 Å². The minimum absolute atomic E-state index is 0.206. The van der Waals surface area contributed by atoms with E-state index in [1.807, 2.05) is 23.1 Å². The SMILES string of the molecule is O=C(CCc1ccccc1)N1CCN(Cc2noc(-c3ccc(Cl)cc3Cl)n2)CC1. The summed E-state index contributed by atoms with van der Waals surface area (Å²) < 4.78 is 5.37. The summed E-state index contributed by atoms with van der Waals surface area (Å²) in [6.45, 7) is 3.55. The minimum atomic E-state index is 0.206. The lowest BCUT2D eigenvalue weighted by Crippen LogP contribution is -2.48. The number of rotatable bonds is 6. The maximum absolute atomic E-state index is 12.5. The van der Waals surface area contributed by atoms with Crippen LogP contribution in [-0.2, 0) is 17.8 Å². The Bertz CT molecular complexity index is 1000. The average Bonchev–Trinajstić information content (AvgIpc) is 3.21. The monoisotopic (exact) mass is 444 g/mol. The van der Waals surface area contributed by atoms with Crippen LogP contribution in [0.3, 0.4) is 0 Å². The van der Waals surface area contributed by atoms with Gasteiger partial charge in [0.05, 0.1) is 17.1 Å². The molecule has 2 aromatic carbocycles. The van der Waals surface area contributed by atoms with Gasteiger partial charge in [-0.25, -0.2) is 0 Å². The molecule has 1 fully saturated rings. The number of aryl methyl sites for hydroxylation is 1. The van der Waals surface area contributed by atoms with Crippen LogP contribution in [0.1, 0.15) is 17.8 Å². The van der Waals surface area contributed by atoms with Crippen molar-refractivity contribution in [1.29, 1.82) is 0 Å². The van der Waals surface area contributed by atoms with E-state index in [1.54, 1.807) is 18.2 Å². The highest BCUT2D eigenvalue weighted by Crippen LogP contribution is 2.29. The van der Waals surface area contributed by atoms with Gasteiger partial charge in [0, 0.05) is 37.6 Å². The Balaban J connectivity index is 1.27. The predicted molar refractivity (Wildman–Crippen MR) is 116 cm³/mol. The highest BCUT2D eigenvalue weighted by Gasteiger charge is 2.22. The van der Waals surface area contributed by atoms with E-state index in [0.29, 0.717) is 53.4 Å². The van der Waals surface area contributed by atoms with Crippen LogP contribution in [0.25, 0.3) is 11.5 Å². The van der Waals surface area contributed by atoms with Crippen molar-refractivity contribution in [2.24, 2.45) is 0 Å². The zero-order valence-electron chi connectivity index (χ0n) is 16.4. The second-order valence-electron chi connectivity index (χ2n) is 7.28. The van der Waals surface area contributed by atoms with Gasteiger partial charge in [0.2, 0.25) is 5.91 Å². The van der Waals surface area contributed by atoms with Crippen LogP contribution in [0, 0.1) is 0 Å². The smallest absolute Gasteiger partial charge is 0.259 e. The summed E-state index contributed by atoms with van der Waals surface area (Å²) in [5.74, 6) is 1.18. The van der Waals surface area contributed by atoms with Crippen molar-refractivity contribution in [2.75, 3.05) is 26.2 Å². The molecule has 0 bridgehead atoms. The van der Waals surface area contributed by atoms with Crippen LogP contribution in [0.2, 0.25) is 10.0 Å². The lowest BCUT2D eigenvalue weighted by molar-refractivity contribution is -0.133. The van der Waals surface area contributed by atoms with E-state index in [9.17, 15) is 4.79 Å². The summed E-state index contributed by atoms with van der Waals surface area (Å²) in [5.41, 5.74) is 1.85. The molecule has 3 aromatic rings. The largest absolute Gasteiger partial charge is 0.340 e. The summed E-state index contributed by atoms with van der Waals surface area (Å²) in [7, 11) is 0. The van der Waals surface area contributed by atoms with Crippen molar-refractivity contribution < 1.29 is 9.32 Å². The fraction of sp³-hybridized carbons (Fsp3) is 0.318. The molecule has 8 heteroatoms. The van der Waals surface area contributed by atoms with E-state index < -0.39 is 0 Å². The molecular formula is C22H22Cl2N4O2. The van der Waals surface area contributed by atoms with Crippen molar-refractivity contribution >= 4 is 29.1 Å². The Hall–Kier alpha value is -2.41. The summed E-state index contributed by atoms with van der Waals surface area (Å²) in [5, 5.41) is 5.10. The standard InChI is InChI=1S/C22H22Cl2N4O2/c23-17-7-8-18(19(24)14-17)22-25-20(26-30-22)15-27-10-12-28(13-11-27)21(29)9-6-16-4-2-1-3-5-16/h1-5,7-8,14H,6,9-13,15H2. The maximum Gasteiger partial charge on any atom is 0.259 e. The third-order valence-electron chi connectivity index (χ3n) is 5.19. The Labute approximate surface area is 185 Å². The molecule has 1 aromatic heterocycles. The van der Waals surface area contributed by atoms with Crippen LogP contribution >= 0.6 is 23.2 Å². The highest BCUT2D eigenvalue weighted by atomic mass is 35.5. The predicted octanol–water partition coefficient (Wildman–Crippen LogP) is 4.32. The third-order valence-corrected chi connectivity index (χ3v) is 5.74. The quantitative estimate of drug-likeness (QED) is 0.566. The molecule has 4 rings (SSSR count). The van der Waals surface area contributed by atoms with Crippen LogP contribution in [0.4, 0.5) is 0 Å². The topological polar surface area (TPSA) is 62.5 Å². The van der Waals surface area contributed by atoms with E-state index in [0.717, 1.165) is 19.5 Å². The molecule has 0 saturated carbocycles. The molecule has 156 valence electrons.